The van der Waals surface area contributed by atoms with Crippen LogP contribution in [0.4, 0.5) is 11.5 Å². The molecule has 0 bridgehead atoms. The van der Waals surface area contributed by atoms with Crippen LogP contribution in [0.1, 0.15) is 25.3 Å². The minimum Gasteiger partial charge on any atom is -0.360 e. The summed E-state index contributed by atoms with van der Waals surface area (Å²) in [6.45, 7) is 2.99. The molecule has 0 aliphatic carbocycles. The van der Waals surface area contributed by atoms with Crippen molar-refractivity contribution < 1.29 is 4.92 Å². The first kappa shape index (κ1) is 13.2. The Balaban J connectivity index is 2.24. The maximum Gasteiger partial charge on any atom is 0.312 e. The summed E-state index contributed by atoms with van der Waals surface area (Å²) < 4.78 is 0. The first-order chi connectivity index (χ1) is 9.11. The first-order valence-electron chi connectivity index (χ1n) is 6.16. The lowest BCUT2D eigenvalue weighted by Gasteiger charge is -2.30. The molecule has 0 aromatic carbocycles. The van der Waals surface area contributed by atoms with Gasteiger partial charge in [-0.05, 0) is 26.3 Å². The van der Waals surface area contributed by atoms with Gasteiger partial charge in [-0.3, -0.25) is 10.1 Å². The van der Waals surface area contributed by atoms with Gasteiger partial charge in [-0.2, -0.15) is 5.26 Å². The smallest absolute Gasteiger partial charge is 0.312 e. The average Bonchev–Trinajstić information content (AvgIpc) is 2.41. The molecule has 2 heterocycles. The molecule has 7 heteroatoms. The second kappa shape index (κ2) is 5.63. The monoisotopic (exact) mass is 261 g/mol. The zero-order valence-electron chi connectivity index (χ0n) is 10.6. The second-order valence-corrected chi connectivity index (χ2v) is 4.60. The van der Waals surface area contributed by atoms with Gasteiger partial charge in [-0.25, -0.2) is 4.98 Å². The van der Waals surface area contributed by atoms with Gasteiger partial charge in [-0.1, -0.05) is 0 Å². The van der Waals surface area contributed by atoms with E-state index in [1.54, 1.807) is 0 Å². The Labute approximate surface area is 110 Å². The lowest BCUT2D eigenvalue weighted by molar-refractivity contribution is -0.384. The fourth-order valence-corrected chi connectivity index (χ4v) is 2.18. The summed E-state index contributed by atoms with van der Waals surface area (Å²) >= 11 is 0. The van der Waals surface area contributed by atoms with Gasteiger partial charge in [0.2, 0.25) is 5.82 Å². The zero-order valence-corrected chi connectivity index (χ0v) is 10.6. The van der Waals surface area contributed by atoms with Crippen molar-refractivity contribution in [2.75, 3.05) is 11.9 Å². The highest BCUT2D eigenvalue weighted by atomic mass is 16.6. The van der Waals surface area contributed by atoms with Crippen molar-refractivity contribution in [3.05, 3.63) is 27.9 Å². The summed E-state index contributed by atoms with van der Waals surface area (Å²) in [5.74, 6) is 0.226. The Morgan fingerprint density at radius 2 is 2.47 bits per heavy atom. The Morgan fingerprint density at radius 3 is 3.11 bits per heavy atom. The van der Waals surface area contributed by atoms with E-state index in [-0.39, 0.29) is 29.2 Å². The maximum absolute atomic E-state index is 11.0. The molecule has 2 atom stereocenters. The molecule has 7 nitrogen and oxygen atoms in total. The number of nitro groups is 1. The molecular formula is C12H15N5O2. The van der Waals surface area contributed by atoms with E-state index in [0.717, 1.165) is 19.4 Å². The normalized spacial score (nSPS) is 22.5. The molecule has 1 aliphatic rings. The SMILES string of the molecule is CC1NCCCC1Nc1ncc(C#N)cc1[N+](=O)[O-]. The van der Waals surface area contributed by atoms with Gasteiger partial charge in [0.1, 0.15) is 6.07 Å². The lowest BCUT2D eigenvalue weighted by Crippen LogP contribution is -2.46. The van der Waals surface area contributed by atoms with Gasteiger partial charge >= 0.3 is 5.69 Å². The van der Waals surface area contributed by atoms with Crippen LogP contribution in [0.2, 0.25) is 0 Å². The molecule has 19 heavy (non-hydrogen) atoms. The number of nitriles is 1. The van der Waals surface area contributed by atoms with E-state index in [4.69, 9.17) is 5.26 Å². The predicted molar refractivity (Wildman–Crippen MR) is 69.7 cm³/mol. The molecule has 100 valence electrons. The Kier molecular flexibility index (Phi) is 3.92. The molecule has 1 aromatic heterocycles. The van der Waals surface area contributed by atoms with Crippen LogP contribution in [0.25, 0.3) is 0 Å². The lowest BCUT2D eigenvalue weighted by atomic mass is 10.00. The fourth-order valence-electron chi connectivity index (χ4n) is 2.18. The standard InChI is InChI=1S/C12H15N5O2/c1-8-10(3-2-4-14-8)16-12-11(17(18)19)5-9(6-13)7-15-12/h5,7-8,10,14H,2-4H2,1H3,(H,15,16). The fraction of sp³-hybridized carbons (Fsp3) is 0.500. The van der Waals surface area contributed by atoms with Gasteiger partial charge in [0.25, 0.3) is 0 Å². The highest BCUT2D eigenvalue weighted by Gasteiger charge is 2.24. The molecule has 2 N–H and O–H groups in total. The number of hydrogen-bond acceptors (Lipinski definition) is 6. The quantitative estimate of drug-likeness (QED) is 0.629. The topological polar surface area (TPSA) is 104 Å². The van der Waals surface area contributed by atoms with Crippen molar-refractivity contribution in [3.8, 4) is 6.07 Å². The average molecular weight is 261 g/mol. The van der Waals surface area contributed by atoms with Crippen molar-refractivity contribution in [2.24, 2.45) is 0 Å². The number of nitrogens with one attached hydrogen (secondary N) is 2. The summed E-state index contributed by atoms with van der Waals surface area (Å²) in [7, 11) is 0. The molecule has 1 saturated heterocycles. The Bertz CT molecular complexity index is 525. The summed E-state index contributed by atoms with van der Waals surface area (Å²) in [6.07, 6.45) is 3.30. The summed E-state index contributed by atoms with van der Waals surface area (Å²) in [4.78, 5) is 14.5. The number of anilines is 1. The van der Waals surface area contributed by atoms with Crippen molar-refractivity contribution in [1.29, 1.82) is 5.26 Å². The molecule has 0 radical (unpaired) electrons. The number of hydrogen-bond donors (Lipinski definition) is 2. The van der Waals surface area contributed by atoms with E-state index in [1.165, 1.54) is 12.3 Å². The van der Waals surface area contributed by atoms with Gasteiger partial charge in [0.05, 0.1) is 10.5 Å². The molecule has 0 spiro atoms. The van der Waals surface area contributed by atoms with Gasteiger partial charge in [0, 0.05) is 24.3 Å². The van der Waals surface area contributed by atoms with Crippen molar-refractivity contribution in [1.82, 2.24) is 10.3 Å². The van der Waals surface area contributed by atoms with Crippen LogP contribution in [0.15, 0.2) is 12.3 Å². The molecule has 1 aliphatic heterocycles. The molecule has 1 aromatic rings. The van der Waals surface area contributed by atoms with E-state index in [0.29, 0.717) is 0 Å². The van der Waals surface area contributed by atoms with Crippen LogP contribution in [-0.2, 0) is 0 Å². The van der Waals surface area contributed by atoms with Crippen LogP contribution in [0.5, 0.6) is 0 Å². The molecule has 2 rings (SSSR count). The zero-order chi connectivity index (χ0) is 13.8. The minimum atomic E-state index is -0.517. The van der Waals surface area contributed by atoms with Crippen LogP contribution < -0.4 is 10.6 Å². The predicted octanol–water partition coefficient (Wildman–Crippen LogP) is 1.41. The number of rotatable bonds is 3. The van der Waals surface area contributed by atoms with Crippen molar-refractivity contribution in [2.45, 2.75) is 31.8 Å². The third kappa shape index (κ3) is 2.98. The van der Waals surface area contributed by atoms with Gasteiger partial charge in [-0.15, -0.1) is 0 Å². The largest absolute Gasteiger partial charge is 0.360 e. The minimum absolute atomic E-state index is 0.105. The molecule has 0 saturated carbocycles. The van der Waals surface area contributed by atoms with Crippen molar-refractivity contribution >= 4 is 11.5 Å². The summed E-state index contributed by atoms with van der Waals surface area (Å²) in [6, 6.07) is 3.43. The maximum atomic E-state index is 11.0. The number of nitrogens with zero attached hydrogens (tertiary/aromatic N) is 3. The Hall–Kier alpha value is -2.20. The molecule has 0 amide bonds. The molecular weight excluding hydrogens is 246 g/mol. The first-order valence-corrected chi connectivity index (χ1v) is 6.16. The van der Waals surface area contributed by atoms with Crippen LogP contribution in [0.3, 0.4) is 0 Å². The molecule has 2 unspecified atom stereocenters. The van der Waals surface area contributed by atoms with E-state index >= 15 is 0 Å². The summed E-state index contributed by atoms with van der Waals surface area (Å²) in [5, 5.41) is 26.2. The van der Waals surface area contributed by atoms with Crippen LogP contribution in [0, 0.1) is 21.4 Å². The highest BCUT2D eigenvalue weighted by molar-refractivity contribution is 5.58. The van der Waals surface area contributed by atoms with Crippen molar-refractivity contribution in [3.63, 3.8) is 0 Å². The van der Waals surface area contributed by atoms with E-state index in [1.807, 2.05) is 13.0 Å². The van der Waals surface area contributed by atoms with Crippen LogP contribution >= 0.6 is 0 Å². The van der Waals surface area contributed by atoms with E-state index < -0.39 is 4.92 Å². The van der Waals surface area contributed by atoms with E-state index in [9.17, 15) is 10.1 Å². The third-order valence-corrected chi connectivity index (χ3v) is 3.28. The van der Waals surface area contributed by atoms with E-state index in [2.05, 4.69) is 15.6 Å². The van der Waals surface area contributed by atoms with Gasteiger partial charge in [0.15, 0.2) is 0 Å². The molecule has 1 fully saturated rings. The summed E-state index contributed by atoms with van der Waals surface area (Å²) in [5.41, 5.74) is 0.0314. The number of pyridine rings is 1. The third-order valence-electron chi connectivity index (χ3n) is 3.28. The highest BCUT2D eigenvalue weighted by Crippen LogP contribution is 2.25. The van der Waals surface area contributed by atoms with Crippen LogP contribution in [-0.4, -0.2) is 28.5 Å². The Morgan fingerprint density at radius 1 is 1.68 bits per heavy atom. The second-order valence-electron chi connectivity index (χ2n) is 4.60. The number of aromatic nitrogens is 1. The number of piperidine rings is 1. The van der Waals surface area contributed by atoms with Gasteiger partial charge < -0.3 is 10.6 Å².